The number of rotatable bonds is 7. The summed E-state index contributed by atoms with van der Waals surface area (Å²) in [4.78, 5) is -0.413. The highest BCUT2D eigenvalue weighted by Gasteiger charge is 2.29. The van der Waals surface area contributed by atoms with Crippen LogP contribution < -0.4 is 10.0 Å². The van der Waals surface area contributed by atoms with Crippen LogP contribution in [0.1, 0.15) is 39.2 Å². The Bertz CT molecular complexity index is 603. The number of halogens is 2. The van der Waals surface area contributed by atoms with Crippen LogP contribution in [-0.4, -0.2) is 21.0 Å². The van der Waals surface area contributed by atoms with Crippen LogP contribution in [0.25, 0.3) is 0 Å². The number of benzene rings is 1. The van der Waals surface area contributed by atoms with Crippen molar-refractivity contribution in [2.45, 2.75) is 50.6 Å². The fraction of sp³-hybridized carbons (Fsp3) is 0.571. The van der Waals surface area contributed by atoms with Crippen LogP contribution in [0.4, 0.5) is 4.39 Å². The van der Waals surface area contributed by atoms with Crippen LogP contribution in [0.3, 0.4) is 0 Å². The Balaban J connectivity index is 3.25. The first-order valence-corrected chi connectivity index (χ1v) is 8.65. The maximum Gasteiger partial charge on any atom is 0.244 e. The molecule has 0 fully saturated rings. The summed E-state index contributed by atoms with van der Waals surface area (Å²) in [6.45, 7) is 5.70. The van der Waals surface area contributed by atoms with Gasteiger partial charge < -0.3 is 5.32 Å². The summed E-state index contributed by atoms with van der Waals surface area (Å²) in [6, 6.07) is 2.56. The van der Waals surface area contributed by atoms with E-state index in [1.54, 1.807) is 20.9 Å². The third-order valence-corrected chi connectivity index (χ3v) is 4.94. The summed E-state index contributed by atoms with van der Waals surface area (Å²) < 4.78 is 41.8. The van der Waals surface area contributed by atoms with E-state index in [-0.39, 0.29) is 17.1 Å². The standard InChI is InChI=1S/C14H22ClFN2O2S/c1-5-6-14(2,3)18-21(19,20)12-8-11(15)7-10(9-17-4)13(12)16/h7-8,17-18H,5-6,9H2,1-4H3. The van der Waals surface area contributed by atoms with Crippen LogP contribution in [0.15, 0.2) is 17.0 Å². The topological polar surface area (TPSA) is 58.2 Å². The van der Waals surface area contributed by atoms with Crippen molar-refractivity contribution in [3.05, 3.63) is 28.5 Å². The van der Waals surface area contributed by atoms with Crippen molar-refractivity contribution >= 4 is 21.6 Å². The molecule has 0 spiro atoms. The van der Waals surface area contributed by atoms with Crippen molar-refractivity contribution < 1.29 is 12.8 Å². The quantitative estimate of drug-likeness (QED) is 0.804. The fourth-order valence-corrected chi connectivity index (χ4v) is 4.12. The van der Waals surface area contributed by atoms with Gasteiger partial charge in [0.2, 0.25) is 10.0 Å². The summed E-state index contributed by atoms with van der Waals surface area (Å²) in [5.74, 6) is -0.770. The second kappa shape index (κ2) is 7.05. The molecule has 0 heterocycles. The van der Waals surface area contributed by atoms with E-state index in [1.807, 2.05) is 6.92 Å². The maximum atomic E-state index is 14.4. The predicted octanol–water partition coefficient (Wildman–Crippen LogP) is 3.06. The zero-order valence-electron chi connectivity index (χ0n) is 12.8. The molecule has 0 saturated carbocycles. The molecule has 4 nitrogen and oxygen atoms in total. The molecule has 1 rings (SSSR count). The van der Waals surface area contributed by atoms with Gasteiger partial charge in [0.1, 0.15) is 10.7 Å². The molecule has 0 bridgehead atoms. The van der Waals surface area contributed by atoms with Gasteiger partial charge in [0.05, 0.1) is 0 Å². The van der Waals surface area contributed by atoms with Crippen LogP contribution in [0.5, 0.6) is 0 Å². The molecular formula is C14H22ClFN2O2S. The van der Waals surface area contributed by atoms with Gasteiger partial charge in [-0.3, -0.25) is 0 Å². The summed E-state index contributed by atoms with van der Waals surface area (Å²) in [5.41, 5.74) is -0.426. The molecule has 1 aromatic rings. The Labute approximate surface area is 131 Å². The first-order chi connectivity index (χ1) is 9.63. The lowest BCUT2D eigenvalue weighted by atomic mass is 10.0. The molecule has 7 heteroatoms. The van der Waals surface area contributed by atoms with E-state index in [2.05, 4.69) is 10.0 Å². The minimum absolute atomic E-state index is 0.190. The highest BCUT2D eigenvalue weighted by atomic mass is 35.5. The second-order valence-electron chi connectivity index (χ2n) is 5.65. The van der Waals surface area contributed by atoms with E-state index in [4.69, 9.17) is 11.6 Å². The second-order valence-corrected chi connectivity index (χ2v) is 7.73. The molecule has 0 aliphatic rings. The minimum Gasteiger partial charge on any atom is -0.316 e. The number of hydrogen-bond donors (Lipinski definition) is 2. The largest absolute Gasteiger partial charge is 0.316 e. The Morgan fingerprint density at radius 3 is 2.48 bits per heavy atom. The zero-order valence-corrected chi connectivity index (χ0v) is 14.3. The van der Waals surface area contributed by atoms with E-state index in [9.17, 15) is 12.8 Å². The molecule has 1 aromatic carbocycles. The minimum atomic E-state index is -3.97. The Hall–Kier alpha value is -0.690. The molecule has 21 heavy (non-hydrogen) atoms. The fourth-order valence-electron chi connectivity index (χ4n) is 2.23. The van der Waals surface area contributed by atoms with Gasteiger partial charge in [-0.05, 0) is 39.4 Å². The number of nitrogens with one attached hydrogen (secondary N) is 2. The van der Waals surface area contributed by atoms with E-state index >= 15 is 0 Å². The SMILES string of the molecule is CCCC(C)(C)NS(=O)(=O)c1cc(Cl)cc(CNC)c1F. The van der Waals surface area contributed by atoms with Crippen LogP contribution in [0.2, 0.25) is 5.02 Å². The average molecular weight is 337 g/mol. The molecule has 0 amide bonds. The normalized spacial score (nSPS) is 12.7. The molecule has 120 valence electrons. The molecule has 0 unspecified atom stereocenters. The van der Waals surface area contributed by atoms with Gasteiger partial charge in [-0.1, -0.05) is 24.9 Å². The molecule has 0 aliphatic carbocycles. The molecule has 0 saturated heterocycles. The van der Waals surface area contributed by atoms with Gasteiger partial charge >= 0.3 is 0 Å². The Morgan fingerprint density at radius 1 is 1.33 bits per heavy atom. The molecule has 2 N–H and O–H groups in total. The van der Waals surface area contributed by atoms with E-state index < -0.39 is 26.3 Å². The van der Waals surface area contributed by atoms with Crippen molar-refractivity contribution in [1.82, 2.24) is 10.0 Å². The monoisotopic (exact) mass is 336 g/mol. The third kappa shape index (κ3) is 4.92. The maximum absolute atomic E-state index is 14.4. The molecule has 0 aromatic heterocycles. The van der Waals surface area contributed by atoms with Gasteiger partial charge in [-0.15, -0.1) is 0 Å². The van der Waals surface area contributed by atoms with Gasteiger partial charge in [-0.2, -0.15) is 0 Å². The van der Waals surface area contributed by atoms with E-state index in [0.29, 0.717) is 6.42 Å². The van der Waals surface area contributed by atoms with E-state index in [0.717, 1.165) is 12.5 Å². The molecule has 0 radical (unpaired) electrons. The number of sulfonamides is 1. The molecular weight excluding hydrogens is 315 g/mol. The highest BCUT2D eigenvalue weighted by Crippen LogP contribution is 2.25. The zero-order chi connectivity index (χ0) is 16.3. The van der Waals surface area contributed by atoms with Crippen LogP contribution in [0, 0.1) is 5.82 Å². The van der Waals surface area contributed by atoms with Gasteiger partial charge in [0.25, 0.3) is 0 Å². The van der Waals surface area contributed by atoms with Crippen molar-refractivity contribution in [3.8, 4) is 0 Å². The van der Waals surface area contributed by atoms with Gasteiger partial charge in [0, 0.05) is 22.7 Å². The van der Waals surface area contributed by atoms with E-state index in [1.165, 1.54) is 6.07 Å². The smallest absolute Gasteiger partial charge is 0.244 e. The number of hydrogen-bond acceptors (Lipinski definition) is 3. The van der Waals surface area contributed by atoms with Crippen molar-refractivity contribution in [2.24, 2.45) is 0 Å². The lowest BCUT2D eigenvalue weighted by molar-refractivity contribution is 0.416. The summed E-state index contributed by atoms with van der Waals surface area (Å²) in [5, 5.41) is 2.98. The predicted molar refractivity (Wildman–Crippen MR) is 83.5 cm³/mol. The van der Waals surface area contributed by atoms with Gasteiger partial charge in [0.15, 0.2) is 0 Å². The first kappa shape index (κ1) is 18.4. The van der Waals surface area contributed by atoms with Crippen molar-refractivity contribution in [2.75, 3.05) is 7.05 Å². The summed E-state index contributed by atoms with van der Waals surface area (Å²) >= 11 is 5.91. The summed E-state index contributed by atoms with van der Waals surface area (Å²) in [7, 11) is -2.32. The van der Waals surface area contributed by atoms with Crippen molar-refractivity contribution in [1.29, 1.82) is 0 Å². The third-order valence-electron chi connectivity index (χ3n) is 3.02. The van der Waals surface area contributed by atoms with Gasteiger partial charge in [-0.25, -0.2) is 17.5 Å². The molecule has 0 atom stereocenters. The Kier molecular flexibility index (Phi) is 6.16. The highest BCUT2D eigenvalue weighted by molar-refractivity contribution is 7.89. The average Bonchev–Trinajstić information content (AvgIpc) is 2.31. The summed E-state index contributed by atoms with van der Waals surface area (Å²) in [6.07, 6.45) is 1.47. The van der Waals surface area contributed by atoms with Crippen LogP contribution >= 0.6 is 11.6 Å². The van der Waals surface area contributed by atoms with Crippen LogP contribution in [-0.2, 0) is 16.6 Å². The first-order valence-electron chi connectivity index (χ1n) is 6.79. The van der Waals surface area contributed by atoms with Crippen molar-refractivity contribution in [3.63, 3.8) is 0 Å². The molecule has 0 aliphatic heterocycles. The lowest BCUT2D eigenvalue weighted by Gasteiger charge is -2.25. The Morgan fingerprint density at radius 2 is 1.95 bits per heavy atom. The lowest BCUT2D eigenvalue weighted by Crippen LogP contribution is -2.43.